The Labute approximate surface area is 202 Å². The number of carbonyl (C=O) groups excluding carboxylic acids is 3. The van der Waals surface area contributed by atoms with E-state index in [1.54, 1.807) is 20.8 Å². The number of carbonyl (C=O) groups is 3. The van der Waals surface area contributed by atoms with E-state index in [1.807, 2.05) is 0 Å². The average molecular weight is 513 g/mol. The molecule has 2 aromatic carbocycles. The molecule has 0 bridgehead atoms. The lowest BCUT2D eigenvalue weighted by Gasteiger charge is -2.37. The quantitative estimate of drug-likeness (QED) is 0.444. The fourth-order valence-corrected chi connectivity index (χ4v) is 6.38. The SMILES string of the molecule is COC(=O)c1ccc(N2C(=O)CC(N(C(C)(C)C)S(=O)(=O)c3cc(Cl)ccc3Cl)C2=O)cc1. The number of imide groups is 1. The molecule has 0 N–H and O–H groups in total. The van der Waals surface area contributed by atoms with Crippen LogP contribution in [0, 0.1) is 0 Å². The molecular formula is C22H22Cl2N2O6S. The number of nitrogens with zero attached hydrogens (tertiary/aromatic N) is 2. The first-order valence-electron chi connectivity index (χ1n) is 9.84. The minimum atomic E-state index is -4.32. The van der Waals surface area contributed by atoms with E-state index >= 15 is 0 Å². The number of benzene rings is 2. The third-order valence-corrected chi connectivity index (χ3v) is 7.93. The first-order valence-corrected chi connectivity index (χ1v) is 12.0. The Morgan fingerprint density at radius 3 is 2.24 bits per heavy atom. The molecule has 1 unspecified atom stereocenters. The number of ether oxygens (including phenoxy) is 1. The Bertz CT molecular complexity index is 1220. The van der Waals surface area contributed by atoms with Gasteiger partial charge >= 0.3 is 5.97 Å². The van der Waals surface area contributed by atoms with Gasteiger partial charge in [-0.2, -0.15) is 4.31 Å². The van der Waals surface area contributed by atoms with Gasteiger partial charge in [0.25, 0.3) is 5.91 Å². The molecule has 33 heavy (non-hydrogen) atoms. The Morgan fingerprint density at radius 2 is 1.70 bits per heavy atom. The molecule has 11 heteroatoms. The van der Waals surface area contributed by atoms with Gasteiger partial charge in [0.2, 0.25) is 15.9 Å². The van der Waals surface area contributed by atoms with Crippen molar-refractivity contribution in [1.82, 2.24) is 4.31 Å². The number of hydrogen-bond acceptors (Lipinski definition) is 6. The zero-order chi connectivity index (χ0) is 24.7. The molecule has 1 atom stereocenters. The molecule has 2 aromatic rings. The van der Waals surface area contributed by atoms with Gasteiger partial charge in [-0.05, 0) is 63.2 Å². The highest BCUT2D eigenvalue weighted by Crippen LogP contribution is 2.37. The molecule has 1 aliphatic rings. The van der Waals surface area contributed by atoms with Crippen LogP contribution in [-0.2, 0) is 24.3 Å². The van der Waals surface area contributed by atoms with Crippen LogP contribution in [0.5, 0.6) is 0 Å². The fraction of sp³-hybridized carbons (Fsp3) is 0.318. The van der Waals surface area contributed by atoms with E-state index in [9.17, 15) is 22.8 Å². The van der Waals surface area contributed by atoms with Crippen molar-refractivity contribution in [1.29, 1.82) is 0 Å². The van der Waals surface area contributed by atoms with Crippen molar-refractivity contribution < 1.29 is 27.5 Å². The number of sulfonamides is 1. The maximum atomic E-state index is 13.6. The summed E-state index contributed by atoms with van der Waals surface area (Å²) in [7, 11) is -3.08. The monoisotopic (exact) mass is 512 g/mol. The van der Waals surface area contributed by atoms with Crippen LogP contribution in [0.4, 0.5) is 5.69 Å². The van der Waals surface area contributed by atoms with Gasteiger partial charge in [0.05, 0.1) is 29.8 Å². The van der Waals surface area contributed by atoms with Crippen molar-refractivity contribution in [3.05, 3.63) is 58.1 Å². The molecule has 1 heterocycles. The van der Waals surface area contributed by atoms with Crippen LogP contribution in [-0.4, -0.2) is 49.2 Å². The third-order valence-electron chi connectivity index (χ3n) is 5.04. The van der Waals surface area contributed by atoms with Crippen LogP contribution in [0.25, 0.3) is 0 Å². The van der Waals surface area contributed by atoms with Crippen LogP contribution in [0.3, 0.4) is 0 Å². The lowest BCUT2D eigenvalue weighted by molar-refractivity contribution is -0.122. The highest BCUT2D eigenvalue weighted by molar-refractivity contribution is 7.89. The highest BCUT2D eigenvalue weighted by Gasteiger charge is 2.51. The number of hydrogen-bond donors (Lipinski definition) is 0. The zero-order valence-corrected chi connectivity index (χ0v) is 20.7. The van der Waals surface area contributed by atoms with Crippen molar-refractivity contribution in [3.8, 4) is 0 Å². The van der Waals surface area contributed by atoms with E-state index in [0.717, 1.165) is 9.21 Å². The van der Waals surface area contributed by atoms with Crippen molar-refractivity contribution in [2.45, 2.75) is 43.7 Å². The summed E-state index contributed by atoms with van der Waals surface area (Å²) in [5.41, 5.74) is -0.617. The van der Waals surface area contributed by atoms with Gasteiger partial charge in [-0.3, -0.25) is 9.59 Å². The second-order valence-corrected chi connectivity index (χ2v) is 11.0. The number of esters is 1. The Hall–Kier alpha value is -2.46. The molecule has 176 valence electrons. The molecule has 3 rings (SSSR count). The fourth-order valence-electron chi connectivity index (χ4n) is 3.71. The molecule has 0 aromatic heterocycles. The summed E-state index contributed by atoms with van der Waals surface area (Å²) < 4.78 is 32.9. The van der Waals surface area contributed by atoms with E-state index in [0.29, 0.717) is 0 Å². The predicted octanol–water partition coefficient (Wildman–Crippen LogP) is 3.90. The average Bonchev–Trinajstić information content (AvgIpc) is 3.01. The molecule has 0 radical (unpaired) electrons. The lowest BCUT2D eigenvalue weighted by Crippen LogP contribution is -2.54. The van der Waals surface area contributed by atoms with Crippen molar-refractivity contribution in [3.63, 3.8) is 0 Å². The standard InChI is InChI=1S/C22H22Cl2N2O6S/c1-22(2,3)26(33(30,31)18-11-14(23)7-10-16(18)24)17-12-19(27)25(20(17)28)15-8-5-13(6-9-15)21(29)32-4/h5-11,17H,12H2,1-4H3. The summed E-state index contributed by atoms with van der Waals surface area (Å²) >= 11 is 12.2. The third kappa shape index (κ3) is 4.77. The van der Waals surface area contributed by atoms with Gasteiger partial charge in [-0.1, -0.05) is 23.2 Å². The summed E-state index contributed by atoms with van der Waals surface area (Å²) in [6.07, 6.45) is -0.355. The number of halogens is 2. The number of amides is 2. The van der Waals surface area contributed by atoms with Gasteiger partial charge in [0.15, 0.2) is 0 Å². The number of rotatable bonds is 5. The van der Waals surface area contributed by atoms with E-state index in [4.69, 9.17) is 23.2 Å². The maximum Gasteiger partial charge on any atom is 0.337 e. The lowest BCUT2D eigenvalue weighted by atomic mass is 10.1. The Kier molecular flexibility index (Phi) is 6.91. The molecule has 1 saturated heterocycles. The molecule has 2 amide bonds. The first kappa shape index (κ1) is 25.2. The molecule has 1 fully saturated rings. The normalized spacial score (nSPS) is 17.1. The van der Waals surface area contributed by atoms with Crippen LogP contribution in [0.1, 0.15) is 37.6 Å². The van der Waals surface area contributed by atoms with Gasteiger partial charge in [-0.15, -0.1) is 0 Å². The van der Waals surface area contributed by atoms with E-state index in [-0.39, 0.29) is 32.6 Å². The van der Waals surface area contributed by atoms with Crippen molar-refractivity contribution in [2.24, 2.45) is 0 Å². The van der Waals surface area contributed by atoms with E-state index in [1.165, 1.54) is 49.6 Å². The second-order valence-electron chi connectivity index (χ2n) is 8.37. The van der Waals surface area contributed by atoms with E-state index < -0.39 is 39.4 Å². The van der Waals surface area contributed by atoms with Gasteiger partial charge in [0, 0.05) is 10.6 Å². The van der Waals surface area contributed by atoms with Crippen LogP contribution >= 0.6 is 23.2 Å². The zero-order valence-electron chi connectivity index (χ0n) is 18.3. The van der Waals surface area contributed by atoms with Gasteiger partial charge < -0.3 is 4.74 Å². The van der Waals surface area contributed by atoms with Crippen LogP contribution in [0.15, 0.2) is 47.4 Å². The van der Waals surface area contributed by atoms with Gasteiger partial charge in [0.1, 0.15) is 10.9 Å². The Morgan fingerprint density at radius 1 is 1.09 bits per heavy atom. The van der Waals surface area contributed by atoms with Crippen molar-refractivity contribution in [2.75, 3.05) is 12.0 Å². The smallest absolute Gasteiger partial charge is 0.337 e. The summed E-state index contributed by atoms with van der Waals surface area (Å²) in [4.78, 5) is 38.5. The topological polar surface area (TPSA) is 101 Å². The van der Waals surface area contributed by atoms with Gasteiger partial charge in [-0.25, -0.2) is 18.1 Å². The molecular weight excluding hydrogens is 491 g/mol. The Balaban J connectivity index is 2.04. The summed E-state index contributed by atoms with van der Waals surface area (Å²) in [6.45, 7) is 4.86. The number of methoxy groups -OCH3 is 1. The molecule has 0 aliphatic carbocycles. The number of anilines is 1. The minimum absolute atomic E-state index is 0.0549. The first-order chi connectivity index (χ1) is 15.3. The second kappa shape index (κ2) is 9.06. The summed E-state index contributed by atoms with van der Waals surface area (Å²) in [6, 6.07) is 8.41. The van der Waals surface area contributed by atoms with Crippen molar-refractivity contribution >= 4 is 56.7 Å². The predicted molar refractivity (Wildman–Crippen MR) is 124 cm³/mol. The van der Waals surface area contributed by atoms with Crippen LogP contribution < -0.4 is 4.90 Å². The van der Waals surface area contributed by atoms with E-state index in [2.05, 4.69) is 4.74 Å². The summed E-state index contributed by atoms with van der Waals surface area (Å²) in [5.74, 6) is -1.85. The molecule has 1 aliphatic heterocycles. The highest BCUT2D eigenvalue weighted by atomic mass is 35.5. The maximum absolute atomic E-state index is 13.6. The molecule has 0 saturated carbocycles. The molecule has 8 nitrogen and oxygen atoms in total. The molecule has 0 spiro atoms. The van der Waals surface area contributed by atoms with Crippen LogP contribution in [0.2, 0.25) is 10.0 Å². The minimum Gasteiger partial charge on any atom is -0.465 e. The largest absolute Gasteiger partial charge is 0.465 e. The summed E-state index contributed by atoms with van der Waals surface area (Å²) in [5, 5.41) is 0.105.